The van der Waals surface area contributed by atoms with E-state index in [0.29, 0.717) is 17.7 Å². The minimum atomic E-state index is -0.442. The van der Waals surface area contributed by atoms with Crippen LogP contribution in [0.4, 0.5) is 0 Å². The molecule has 1 aliphatic heterocycles. The van der Waals surface area contributed by atoms with Crippen molar-refractivity contribution in [2.75, 3.05) is 7.11 Å². The lowest BCUT2D eigenvalue weighted by Gasteiger charge is -2.38. The van der Waals surface area contributed by atoms with Gasteiger partial charge in [0.2, 0.25) is 0 Å². The van der Waals surface area contributed by atoms with Crippen LogP contribution in [0, 0.1) is 6.92 Å². The highest BCUT2D eigenvalue weighted by Crippen LogP contribution is 2.40. The van der Waals surface area contributed by atoms with Crippen LogP contribution in [0.3, 0.4) is 0 Å². The SMILES string of the molecule is COc1ccc(C(=O)N/C(=C\c2cccs2)C(=O)NC2CC(C)(C)Oc3cc(C)ccc32)cc1. The Morgan fingerprint density at radius 1 is 1.15 bits per heavy atom. The number of hydrogen-bond donors (Lipinski definition) is 2. The van der Waals surface area contributed by atoms with Gasteiger partial charge in [-0.1, -0.05) is 18.2 Å². The van der Waals surface area contributed by atoms with E-state index in [1.165, 1.54) is 11.3 Å². The maximum absolute atomic E-state index is 13.4. The first-order chi connectivity index (χ1) is 16.2. The molecule has 34 heavy (non-hydrogen) atoms. The fourth-order valence-corrected chi connectivity index (χ4v) is 4.59. The topological polar surface area (TPSA) is 76.7 Å². The predicted molar refractivity (Wildman–Crippen MR) is 134 cm³/mol. The van der Waals surface area contributed by atoms with Crippen molar-refractivity contribution in [3.63, 3.8) is 0 Å². The summed E-state index contributed by atoms with van der Waals surface area (Å²) in [6.07, 6.45) is 2.30. The van der Waals surface area contributed by atoms with E-state index in [2.05, 4.69) is 10.6 Å². The molecule has 2 heterocycles. The molecule has 0 saturated heterocycles. The molecule has 1 aliphatic rings. The number of thiophene rings is 1. The molecule has 1 atom stereocenters. The summed E-state index contributed by atoms with van der Waals surface area (Å²) in [6, 6.07) is 16.3. The van der Waals surface area contributed by atoms with Gasteiger partial charge in [0.05, 0.1) is 13.2 Å². The van der Waals surface area contributed by atoms with Crippen LogP contribution in [-0.2, 0) is 4.79 Å². The molecule has 2 N–H and O–H groups in total. The molecule has 0 spiro atoms. The van der Waals surface area contributed by atoms with Gasteiger partial charge in [-0.3, -0.25) is 9.59 Å². The molecule has 0 fully saturated rings. The van der Waals surface area contributed by atoms with Gasteiger partial charge in [0.15, 0.2) is 0 Å². The van der Waals surface area contributed by atoms with E-state index in [1.54, 1.807) is 37.5 Å². The first kappa shape index (κ1) is 23.6. The Hall–Kier alpha value is -3.58. The Labute approximate surface area is 203 Å². The molecule has 0 radical (unpaired) electrons. The molecular formula is C27H28N2O4S. The van der Waals surface area contributed by atoms with E-state index >= 15 is 0 Å². The Bertz CT molecular complexity index is 1210. The number of aryl methyl sites for hydroxylation is 1. The zero-order chi connectivity index (χ0) is 24.3. The summed E-state index contributed by atoms with van der Waals surface area (Å²) in [5, 5.41) is 7.84. The molecule has 6 nitrogen and oxygen atoms in total. The summed E-state index contributed by atoms with van der Waals surface area (Å²) >= 11 is 1.49. The number of ether oxygens (including phenoxy) is 2. The van der Waals surface area contributed by atoms with Gasteiger partial charge < -0.3 is 20.1 Å². The summed E-state index contributed by atoms with van der Waals surface area (Å²) < 4.78 is 11.3. The highest BCUT2D eigenvalue weighted by Gasteiger charge is 2.35. The third-order valence-electron chi connectivity index (χ3n) is 5.61. The van der Waals surface area contributed by atoms with E-state index in [1.807, 2.05) is 56.5 Å². The van der Waals surface area contributed by atoms with Crippen molar-refractivity contribution >= 4 is 29.2 Å². The summed E-state index contributed by atoms with van der Waals surface area (Å²) in [6.45, 7) is 6.02. The van der Waals surface area contributed by atoms with E-state index < -0.39 is 5.60 Å². The standard InChI is InChI=1S/C27H28N2O4S/c1-17-7-12-21-23(16-27(2,3)33-24(21)14-17)29-26(31)22(15-20-6-5-13-34-20)28-25(30)18-8-10-19(32-4)11-9-18/h5-15,23H,16H2,1-4H3,(H,28,30)(H,29,31)/b22-15-. The molecule has 1 aromatic heterocycles. The minimum Gasteiger partial charge on any atom is -0.497 e. The van der Waals surface area contributed by atoms with E-state index in [-0.39, 0.29) is 23.6 Å². The number of nitrogens with one attached hydrogen (secondary N) is 2. The molecule has 176 valence electrons. The second-order valence-corrected chi connectivity index (χ2v) is 9.87. The molecule has 0 saturated carbocycles. The smallest absolute Gasteiger partial charge is 0.268 e. The average Bonchev–Trinajstić information content (AvgIpc) is 3.30. The fraction of sp³-hybridized carbons (Fsp3) is 0.259. The second-order valence-electron chi connectivity index (χ2n) is 8.89. The van der Waals surface area contributed by atoms with Gasteiger partial charge in [-0.25, -0.2) is 0 Å². The summed E-state index contributed by atoms with van der Waals surface area (Å²) in [5.41, 5.74) is 2.18. The van der Waals surface area contributed by atoms with Crippen LogP contribution >= 0.6 is 11.3 Å². The average molecular weight is 477 g/mol. The Balaban J connectivity index is 1.60. The Morgan fingerprint density at radius 3 is 2.59 bits per heavy atom. The first-order valence-corrected chi connectivity index (χ1v) is 11.9. The van der Waals surface area contributed by atoms with Crippen molar-refractivity contribution in [3.05, 3.63) is 87.2 Å². The van der Waals surface area contributed by atoms with E-state index in [4.69, 9.17) is 9.47 Å². The maximum Gasteiger partial charge on any atom is 0.268 e. The van der Waals surface area contributed by atoms with Crippen LogP contribution in [0.1, 0.15) is 52.7 Å². The van der Waals surface area contributed by atoms with Crippen molar-refractivity contribution in [2.24, 2.45) is 0 Å². The van der Waals surface area contributed by atoms with Gasteiger partial charge in [-0.2, -0.15) is 0 Å². The third kappa shape index (κ3) is 5.48. The van der Waals surface area contributed by atoms with Crippen LogP contribution in [0.15, 0.2) is 65.7 Å². The molecule has 2 aromatic carbocycles. The largest absolute Gasteiger partial charge is 0.497 e. The van der Waals surface area contributed by atoms with Crippen molar-refractivity contribution in [2.45, 2.75) is 38.8 Å². The van der Waals surface area contributed by atoms with Crippen molar-refractivity contribution in [1.82, 2.24) is 10.6 Å². The molecule has 0 bridgehead atoms. The van der Waals surface area contributed by atoms with E-state index in [9.17, 15) is 9.59 Å². The number of carbonyl (C=O) groups is 2. The summed E-state index contributed by atoms with van der Waals surface area (Å²) in [7, 11) is 1.57. The lowest BCUT2D eigenvalue weighted by molar-refractivity contribution is -0.119. The van der Waals surface area contributed by atoms with E-state index in [0.717, 1.165) is 21.8 Å². The normalized spacial score (nSPS) is 16.7. The molecule has 7 heteroatoms. The van der Waals surface area contributed by atoms with Crippen LogP contribution in [0.25, 0.3) is 6.08 Å². The third-order valence-corrected chi connectivity index (χ3v) is 6.43. The maximum atomic E-state index is 13.4. The molecule has 2 amide bonds. The number of fused-ring (bicyclic) bond motifs is 1. The van der Waals surface area contributed by atoms with Crippen molar-refractivity contribution in [1.29, 1.82) is 0 Å². The van der Waals surface area contributed by atoms with Gasteiger partial charge in [0, 0.05) is 22.4 Å². The molecule has 3 aromatic rings. The zero-order valence-electron chi connectivity index (χ0n) is 19.7. The number of amides is 2. The van der Waals surface area contributed by atoms with Gasteiger partial charge in [-0.05, 0) is 74.2 Å². The number of hydrogen-bond acceptors (Lipinski definition) is 5. The monoisotopic (exact) mass is 476 g/mol. The number of methoxy groups -OCH3 is 1. The van der Waals surface area contributed by atoms with Crippen LogP contribution in [0.2, 0.25) is 0 Å². The summed E-state index contributed by atoms with van der Waals surface area (Å²) in [4.78, 5) is 27.2. The first-order valence-electron chi connectivity index (χ1n) is 11.0. The predicted octanol–water partition coefficient (Wildman–Crippen LogP) is 5.25. The van der Waals surface area contributed by atoms with Crippen LogP contribution in [-0.4, -0.2) is 24.5 Å². The Morgan fingerprint density at radius 2 is 1.91 bits per heavy atom. The van der Waals surface area contributed by atoms with Crippen LogP contribution in [0.5, 0.6) is 11.5 Å². The van der Waals surface area contributed by atoms with Crippen molar-refractivity contribution < 1.29 is 19.1 Å². The van der Waals surface area contributed by atoms with Gasteiger partial charge >= 0.3 is 0 Å². The zero-order valence-corrected chi connectivity index (χ0v) is 20.5. The lowest BCUT2D eigenvalue weighted by atomic mass is 9.89. The fourth-order valence-electron chi connectivity index (χ4n) is 3.93. The van der Waals surface area contributed by atoms with Crippen LogP contribution < -0.4 is 20.1 Å². The summed E-state index contributed by atoms with van der Waals surface area (Å²) in [5.74, 6) is 0.695. The quantitative estimate of drug-likeness (QED) is 0.476. The van der Waals surface area contributed by atoms with Gasteiger partial charge in [0.1, 0.15) is 22.8 Å². The number of benzene rings is 2. The lowest BCUT2D eigenvalue weighted by Crippen LogP contribution is -2.43. The highest BCUT2D eigenvalue weighted by atomic mass is 32.1. The number of rotatable bonds is 6. The second kappa shape index (κ2) is 9.73. The van der Waals surface area contributed by atoms with Crippen molar-refractivity contribution in [3.8, 4) is 11.5 Å². The highest BCUT2D eigenvalue weighted by molar-refractivity contribution is 7.10. The Kier molecular flexibility index (Phi) is 6.75. The minimum absolute atomic E-state index is 0.182. The molecular weight excluding hydrogens is 448 g/mol. The number of carbonyl (C=O) groups excluding carboxylic acids is 2. The molecule has 1 unspecified atom stereocenters. The molecule has 0 aliphatic carbocycles. The molecule has 4 rings (SSSR count). The van der Waals surface area contributed by atoms with Gasteiger partial charge in [-0.15, -0.1) is 11.3 Å². The van der Waals surface area contributed by atoms with Gasteiger partial charge in [0.25, 0.3) is 11.8 Å².